The number of benzene rings is 2. The molecule has 7 nitrogen and oxygen atoms in total. The number of rotatable bonds is 3. The Balaban J connectivity index is 0.00000182. The first kappa shape index (κ1) is 17.1. The predicted molar refractivity (Wildman–Crippen MR) is 97.6 cm³/mol. The van der Waals surface area contributed by atoms with Gasteiger partial charge in [0.2, 0.25) is 11.3 Å². The zero-order valence-corrected chi connectivity index (χ0v) is 14.3. The van der Waals surface area contributed by atoms with Crippen LogP contribution in [0.15, 0.2) is 53.2 Å². The Kier molecular flexibility index (Phi) is 4.80. The van der Waals surface area contributed by atoms with E-state index in [1.807, 2.05) is 30.3 Å². The normalized spacial score (nSPS) is 10.5. The zero-order chi connectivity index (χ0) is 16.5. The van der Waals surface area contributed by atoms with Crippen LogP contribution in [0.3, 0.4) is 0 Å². The molecule has 9 heteroatoms. The Morgan fingerprint density at radius 2 is 1.52 bits per heavy atom. The van der Waals surface area contributed by atoms with Crippen molar-refractivity contribution in [3.8, 4) is 11.3 Å². The fraction of sp³-hybridized carbons (Fsp3) is 0. The molecule has 0 atom stereocenters. The highest BCUT2D eigenvalue weighted by Gasteiger charge is 2.16. The van der Waals surface area contributed by atoms with Crippen LogP contribution in [0.4, 0.5) is 11.5 Å². The first-order valence-corrected chi connectivity index (χ1v) is 7.74. The number of hydrogen-bond donors (Lipinski definition) is 2. The Bertz CT molecular complexity index is 1020. The minimum Gasteiger partial charge on any atom is -0.344 e. The van der Waals surface area contributed by atoms with E-state index in [0.29, 0.717) is 32.9 Å². The number of nitrogens with one attached hydrogen (secondary N) is 1. The van der Waals surface area contributed by atoms with Gasteiger partial charge in [0.25, 0.3) is 0 Å². The molecule has 2 heterocycles. The lowest BCUT2D eigenvalue weighted by molar-refractivity contribution is 0.314. The van der Waals surface area contributed by atoms with Gasteiger partial charge < -0.3 is 11.5 Å². The van der Waals surface area contributed by atoms with Gasteiger partial charge in [-0.3, -0.25) is 0 Å². The first-order valence-electron chi connectivity index (χ1n) is 6.98. The summed E-state index contributed by atoms with van der Waals surface area (Å²) in [4.78, 5) is 8.91. The van der Waals surface area contributed by atoms with Crippen molar-refractivity contribution >= 4 is 46.0 Å². The molecule has 0 radical (unpaired) electrons. The van der Waals surface area contributed by atoms with Crippen LogP contribution < -0.4 is 11.5 Å². The van der Waals surface area contributed by atoms with Crippen molar-refractivity contribution in [1.29, 1.82) is 0 Å². The SMILES string of the molecule is Clc1ccc(Nc2nc3nonc3nc2-c2ccccc2Cl)cc1.N. The summed E-state index contributed by atoms with van der Waals surface area (Å²) in [6.45, 7) is 0. The van der Waals surface area contributed by atoms with Gasteiger partial charge in [-0.25, -0.2) is 14.6 Å². The van der Waals surface area contributed by atoms with E-state index < -0.39 is 0 Å². The minimum atomic E-state index is 0. The molecule has 0 saturated carbocycles. The van der Waals surface area contributed by atoms with E-state index >= 15 is 0 Å². The highest BCUT2D eigenvalue weighted by Crippen LogP contribution is 2.33. The standard InChI is InChI=1S/C16H9Cl2N5O.H3N/c17-9-5-7-10(8-6-9)19-14-13(11-3-1-2-4-12(11)18)20-15-16(21-14)23-24-22-15;/h1-8H,(H,19,21,23);1H3. The van der Waals surface area contributed by atoms with Gasteiger partial charge in [-0.2, -0.15) is 0 Å². The maximum atomic E-state index is 6.31. The number of nitrogens with zero attached hydrogens (tertiary/aromatic N) is 4. The topological polar surface area (TPSA) is 112 Å². The lowest BCUT2D eigenvalue weighted by Gasteiger charge is -2.11. The molecule has 2 aromatic heterocycles. The van der Waals surface area contributed by atoms with E-state index in [1.165, 1.54) is 0 Å². The van der Waals surface area contributed by atoms with Crippen LogP contribution >= 0.6 is 23.2 Å². The summed E-state index contributed by atoms with van der Waals surface area (Å²) < 4.78 is 4.70. The molecular formula is C16H12Cl2N6O. The van der Waals surface area contributed by atoms with E-state index in [2.05, 4.69) is 25.6 Å². The zero-order valence-electron chi connectivity index (χ0n) is 12.8. The molecule has 0 fully saturated rings. The fourth-order valence-electron chi connectivity index (χ4n) is 2.24. The van der Waals surface area contributed by atoms with Gasteiger partial charge in [0.15, 0.2) is 5.82 Å². The lowest BCUT2D eigenvalue weighted by atomic mass is 10.1. The van der Waals surface area contributed by atoms with Crippen LogP contribution in [0.2, 0.25) is 10.0 Å². The molecule has 0 amide bonds. The molecule has 4 N–H and O–H groups in total. The monoisotopic (exact) mass is 374 g/mol. The molecule has 126 valence electrons. The van der Waals surface area contributed by atoms with Crippen molar-refractivity contribution in [1.82, 2.24) is 26.4 Å². The van der Waals surface area contributed by atoms with Crippen LogP contribution in [-0.4, -0.2) is 20.3 Å². The van der Waals surface area contributed by atoms with Gasteiger partial charge in [-0.1, -0.05) is 41.4 Å². The second-order valence-electron chi connectivity index (χ2n) is 4.94. The summed E-state index contributed by atoms with van der Waals surface area (Å²) in [6, 6.07) is 14.6. The molecule has 4 aromatic rings. The lowest BCUT2D eigenvalue weighted by Crippen LogP contribution is -2.00. The predicted octanol–water partition coefficient (Wildman–Crippen LogP) is 4.89. The van der Waals surface area contributed by atoms with Crippen molar-refractivity contribution in [3.05, 3.63) is 58.6 Å². The van der Waals surface area contributed by atoms with Gasteiger partial charge in [0, 0.05) is 16.3 Å². The maximum absolute atomic E-state index is 6.31. The molecule has 0 spiro atoms. The number of hydrogen-bond acceptors (Lipinski definition) is 7. The Labute approximate surface area is 152 Å². The molecule has 0 bridgehead atoms. The Hall–Kier alpha value is -2.74. The van der Waals surface area contributed by atoms with Crippen molar-refractivity contribution in [2.75, 3.05) is 5.32 Å². The minimum absolute atomic E-state index is 0. The number of fused-ring (bicyclic) bond motifs is 1. The molecule has 4 rings (SSSR count). The van der Waals surface area contributed by atoms with E-state index in [4.69, 9.17) is 27.8 Å². The van der Waals surface area contributed by atoms with Gasteiger partial charge in [-0.05, 0) is 40.6 Å². The smallest absolute Gasteiger partial charge is 0.245 e. The van der Waals surface area contributed by atoms with Crippen LogP contribution in [0.25, 0.3) is 22.6 Å². The maximum Gasteiger partial charge on any atom is 0.245 e. The third-order valence-corrected chi connectivity index (χ3v) is 3.93. The molecule has 0 saturated heterocycles. The summed E-state index contributed by atoms with van der Waals surface area (Å²) in [7, 11) is 0. The fourth-order valence-corrected chi connectivity index (χ4v) is 2.59. The molecule has 0 aliphatic heterocycles. The van der Waals surface area contributed by atoms with Crippen molar-refractivity contribution in [3.63, 3.8) is 0 Å². The van der Waals surface area contributed by atoms with Crippen LogP contribution in [0.1, 0.15) is 0 Å². The van der Waals surface area contributed by atoms with E-state index in [1.54, 1.807) is 18.2 Å². The summed E-state index contributed by atoms with van der Waals surface area (Å²) in [5, 5.41) is 11.9. The van der Waals surface area contributed by atoms with Gasteiger partial charge in [0.05, 0.1) is 5.02 Å². The molecule has 0 unspecified atom stereocenters. The molecule has 2 aromatic carbocycles. The van der Waals surface area contributed by atoms with Gasteiger partial charge >= 0.3 is 0 Å². The molecule has 0 aliphatic carbocycles. The van der Waals surface area contributed by atoms with E-state index in [0.717, 1.165) is 11.3 Å². The van der Waals surface area contributed by atoms with Crippen molar-refractivity contribution in [2.24, 2.45) is 0 Å². The van der Waals surface area contributed by atoms with Crippen molar-refractivity contribution < 1.29 is 4.63 Å². The largest absolute Gasteiger partial charge is 0.344 e. The second-order valence-corrected chi connectivity index (χ2v) is 5.79. The van der Waals surface area contributed by atoms with Gasteiger partial charge in [-0.15, -0.1) is 0 Å². The number of anilines is 2. The molecule has 25 heavy (non-hydrogen) atoms. The van der Waals surface area contributed by atoms with Crippen LogP contribution in [0.5, 0.6) is 0 Å². The number of aromatic nitrogens is 4. The summed E-state index contributed by atoms with van der Waals surface area (Å²) in [6.07, 6.45) is 0. The molecule has 0 aliphatic rings. The van der Waals surface area contributed by atoms with Crippen LogP contribution in [-0.2, 0) is 0 Å². The Morgan fingerprint density at radius 1 is 0.840 bits per heavy atom. The van der Waals surface area contributed by atoms with Crippen LogP contribution in [0, 0.1) is 0 Å². The third kappa shape index (κ3) is 3.39. The second kappa shape index (κ2) is 7.02. The van der Waals surface area contributed by atoms with Gasteiger partial charge in [0.1, 0.15) is 5.69 Å². The average molecular weight is 375 g/mol. The quantitative estimate of drug-likeness (QED) is 0.524. The highest BCUT2D eigenvalue weighted by atomic mass is 35.5. The molecular weight excluding hydrogens is 363 g/mol. The van der Waals surface area contributed by atoms with E-state index in [9.17, 15) is 0 Å². The third-order valence-electron chi connectivity index (χ3n) is 3.35. The highest BCUT2D eigenvalue weighted by molar-refractivity contribution is 6.33. The Morgan fingerprint density at radius 3 is 2.24 bits per heavy atom. The average Bonchev–Trinajstić information content (AvgIpc) is 3.04. The van der Waals surface area contributed by atoms with E-state index in [-0.39, 0.29) is 6.15 Å². The number of halogens is 2. The summed E-state index contributed by atoms with van der Waals surface area (Å²) in [5.41, 5.74) is 2.71. The van der Waals surface area contributed by atoms with Crippen molar-refractivity contribution in [2.45, 2.75) is 0 Å². The first-order chi connectivity index (χ1) is 11.7. The summed E-state index contributed by atoms with van der Waals surface area (Å²) in [5.74, 6) is 0.494. The summed E-state index contributed by atoms with van der Waals surface area (Å²) >= 11 is 12.2.